The lowest BCUT2D eigenvalue weighted by Gasteiger charge is -2.39. The third kappa shape index (κ3) is 5.29. The molecule has 0 bridgehead atoms. The summed E-state index contributed by atoms with van der Waals surface area (Å²) in [5.41, 5.74) is 2.74. The highest BCUT2D eigenvalue weighted by Gasteiger charge is 2.39. The Hall–Kier alpha value is -3.23. The third-order valence-electron chi connectivity index (χ3n) is 7.22. The van der Waals surface area contributed by atoms with Gasteiger partial charge < -0.3 is 15.0 Å². The van der Waals surface area contributed by atoms with Crippen LogP contribution < -0.4 is 15.4 Å². The summed E-state index contributed by atoms with van der Waals surface area (Å²) >= 11 is 0. The van der Waals surface area contributed by atoms with Crippen molar-refractivity contribution in [3.8, 4) is 5.75 Å². The average molecular weight is 491 g/mol. The number of fused-ring (bicyclic) bond motifs is 1. The number of hydrogen-bond donors (Lipinski definition) is 2. The van der Waals surface area contributed by atoms with E-state index in [1.807, 2.05) is 18.2 Å². The summed E-state index contributed by atoms with van der Waals surface area (Å²) < 4.78 is 6.56. The molecule has 3 amide bonds. The first-order valence-electron chi connectivity index (χ1n) is 12.8. The molecule has 3 heterocycles. The van der Waals surface area contributed by atoms with Crippen molar-refractivity contribution in [3.05, 3.63) is 65.2 Å². The first-order valence-corrected chi connectivity index (χ1v) is 12.8. The van der Waals surface area contributed by atoms with Crippen molar-refractivity contribution in [1.82, 2.24) is 20.4 Å². The molecule has 2 saturated heterocycles. The zero-order valence-corrected chi connectivity index (χ0v) is 20.9. The summed E-state index contributed by atoms with van der Waals surface area (Å²) in [4.78, 5) is 40.9. The maximum atomic E-state index is 13.0. The molecule has 8 heteroatoms. The number of likely N-dealkylation sites (tertiary alicyclic amines) is 1. The van der Waals surface area contributed by atoms with Gasteiger partial charge >= 0.3 is 0 Å². The van der Waals surface area contributed by atoms with E-state index in [9.17, 15) is 14.4 Å². The molecule has 0 aromatic heterocycles. The Kier molecular flexibility index (Phi) is 7.07. The smallest absolute Gasteiger partial charge is 0.255 e. The maximum absolute atomic E-state index is 13.0. The third-order valence-corrected chi connectivity index (χ3v) is 7.22. The predicted octanol–water partition coefficient (Wildman–Crippen LogP) is 2.47. The second-order valence-corrected chi connectivity index (χ2v) is 10.3. The van der Waals surface area contributed by atoms with E-state index in [-0.39, 0.29) is 30.4 Å². The van der Waals surface area contributed by atoms with E-state index >= 15 is 0 Å². The van der Waals surface area contributed by atoms with Gasteiger partial charge in [-0.1, -0.05) is 44.2 Å². The van der Waals surface area contributed by atoms with Crippen LogP contribution in [-0.4, -0.2) is 64.8 Å². The molecule has 8 nitrogen and oxygen atoms in total. The fourth-order valence-corrected chi connectivity index (χ4v) is 5.50. The van der Waals surface area contributed by atoms with Crippen LogP contribution in [0.5, 0.6) is 5.75 Å². The van der Waals surface area contributed by atoms with Crippen molar-refractivity contribution in [3.63, 3.8) is 0 Å². The van der Waals surface area contributed by atoms with E-state index in [1.54, 1.807) is 11.0 Å². The molecule has 0 saturated carbocycles. The molecule has 190 valence electrons. The van der Waals surface area contributed by atoms with Crippen LogP contribution in [0.1, 0.15) is 54.6 Å². The van der Waals surface area contributed by atoms with Gasteiger partial charge in [0.1, 0.15) is 17.9 Å². The lowest BCUT2D eigenvalue weighted by molar-refractivity contribution is -0.136. The van der Waals surface area contributed by atoms with Gasteiger partial charge in [0.25, 0.3) is 5.91 Å². The number of imide groups is 1. The van der Waals surface area contributed by atoms with Crippen molar-refractivity contribution >= 4 is 17.7 Å². The second kappa shape index (κ2) is 10.4. The zero-order chi connectivity index (χ0) is 25.2. The van der Waals surface area contributed by atoms with Crippen LogP contribution in [-0.2, 0) is 22.7 Å². The molecule has 5 rings (SSSR count). The zero-order valence-electron chi connectivity index (χ0n) is 20.9. The van der Waals surface area contributed by atoms with E-state index in [0.29, 0.717) is 24.6 Å². The Bertz CT molecular complexity index is 1140. The molecule has 2 N–H and O–H groups in total. The molecule has 2 unspecified atom stereocenters. The number of carbonyl (C=O) groups is 3. The fraction of sp³-hybridized carbons (Fsp3) is 0.464. The number of piperidine rings is 2. The number of benzene rings is 2. The monoisotopic (exact) mass is 490 g/mol. The van der Waals surface area contributed by atoms with Crippen LogP contribution in [0.4, 0.5) is 0 Å². The Morgan fingerprint density at radius 2 is 1.89 bits per heavy atom. The van der Waals surface area contributed by atoms with Crippen molar-refractivity contribution in [2.45, 2.75) is 70.4 Å². The lowest BCUT2D eigenvalue weighted by atomic mass is 9.99. The molecule has 0 aliphatic carbocycles. The van der Waals surface area contributed by atoms with Crippen molar-refractivity contribution in [2.24, 2.45) is 0 Å². The largest absolute Gasteiger partial charge is 0.487 e. The number of nitrogens with zero attached hydrogens (tertiary/aromatic N) is 2. The van der Waals surface area contributed by atoms with Crippen LogP contribution in [0.3, 0.4) is 0 Å². The van der Waals surface area contributed by atoms with E-state index in [4.69, 9.17) is 4.74 Å². The second-order valence-electron chi connectivity index (χ2n) is 10.3. The first-order chi connectivity index (χ1) is 17.4. The van der Waals surface area contributed by atoms with Gasteiger partial charge in [-0.25, -0.2) is 0 Å². The van der Waals surface area contributed by atoms with Gasteiger partial charge in [0.15, 0.2) is 0 Å². The van der Waals surface area contributed by atoms with Gasteiger partial charge in [-0.3, -0.25) is 24.6 Å². The summed E-state index contributed by atoms with van der Waals surface area (Å²) in [6.07, 6.45) is 1.56. The predicted molar refractivity (Wildman–Crippen MR) is 135 cm³/mol. The summed E-state index contributed by atoms with van der Waals surface area (Å²) in [6.45, 7) is 7.33. The molecule has 36 heavy (non-hydrogen) atoms. The molecule has 3 aliphatic rings. The number of rotatable bonds is 7. The van der Waals surface area contributed by atoms with Gasteiger partial charge in [-0.2, -0.15) is 0 Å². The van der Waals surface area contributed by atoms with E-state index < -0.39 is 11.9 Å². The number of amides is 3. The summed E-state index contributed by atoms with van der Waals surface area (Å²) in [5, 5.41) is 6.02. The fourth-order valence-electron chi connectivity index (χ4n) is 5.50. The number of hydrogen-bond acceptors (Lipinski definition) is 6. The minimum absolute atomic E-state index is 0.0359. The Morgan fingerprint density at radius 1 is 1.08 bits per heavy atom. The quantitative estimate of drug-likeness (QED) is 0.580. The highest BCUT2D eigenvalue weighted by molar-refractivity contribution is 6.05. The normalized spacial score (nSPS) is 24.7. The van der Waals surface area contributed by atoms with E-state index in [0.717, 1.165) is 37.4 Å². The minimum Gasteiger partial charge on any atom is -0.487 e. The summed E-state index contributed by atoms with van der Waals surface area (Å²) in [7, 11) is 0. The highest BCUT2D eigenvalue weighted by atomic mass is 16.5. The molecule has 3 atom stereocenters. The summed E-state index contributed by atoms with van der Waals surface area (Å²) in [5.74, 6) is -0.118. The van der Waals surface area contributed by atoms with Crippen molar-refractivity contribution < 1.29 is 19.1 Å². The minimum atomic E-state index is -0.614. The number of ether oxygens (including phenoxy) is 1. The average Bonchev–Trinajstić information content (AvgIpc) is 3.16. The van der Waals surface area contributed by atoms with Crippen molar-refractivity contribution in [2.75, 3.05) is 13.1 Å². The van der Waals surface area contributed by atoms with E-state index in [1.165, 1.54) is 5.56 Å². The molecule has 0 spiro atoms. The topological polar surface area (TPSA) is 91.0 Å². The van der Waals surface area contributed by atoms with Crippen LogP contribution >= 0.6 is 0 Å². The molecular formula is C28H34N4O4. The molecule has 2 aromatic rings. The summed E-state index contributed by atoms with van der Waals surface area (Å²) in [6, 6.07) is 16.0. The molecule has 3 aliphatic heterocycles. The standard InChI is InChI=1S/C28H34N4O4/c1-18(2)29-23-12-13-31(15-19-6-4-3-5-7-19)17-25(23)36-21-8-9-22-20(14-21)16-32(28(22)35)24-10-11-26(33)30-27(24)34/h3-9,14,18,23-25,29H,10-13,15-17H2,1-2H3,(H,30,33,34)/t23?,24?,25-/m0/s1. The lowest BCUT2D eigenvalue weighted by Crippen LogP contribution is -2.56. The van der Waals surface area contributed by atoms with Gasteiger partial charge in [0, 0.05) is 50.2 Å². The van der Waals surface area contributed by atoms with E-state index in [2.05, 4.69) is 53.6 Å². The van der Waals surface area contributed by atoms with Gasteiger partial charge in [-0.15, -0.1) is 0 Å². The molecule has 0 radical (unpaired) electrons. The van der Waals surface area contributed by atoms with Gasteiger partial charge in [0.05, 0.1) is 0 Å². The van der Waals surface area contributed by atoms with Crippen LogP contribution in [0, 0.1) is 0 Å². The number of nitrogens with one attached hydrogen (secondary N) is 2. The van der Waals surface area contributed by atoms with Crippen LogP contribution in [0.2, 0.25) is 0 Å². The maximum Gasteiger partial charge on any atom is 0.255 e. The Balaban J connectivity index is 1.29. The van der Waals surface area contributed by atoms with Crippen LogP contribution in [0.15, 0.2) is 48.5 Å². The van der Waals surface area contributed by atoms with Crippen LogP contribution in [0.25, 0.3) is 0 Å². The SMILES string of the molecule is CC(C)NC1CCN(Cc2ccccc2)C[C@@H]1Oc1ccc2c(c1)CN(C1CCC(=O)NC1=O)C2=O. The van der Waals surface area contributed by atoms with Gasteiger partial charge in [-0.05, 0) is 42.2 Å². The first kappa shape index (κ1) is 24.5. The Morgan fingerprint density at radius 3 is 2.64 bits per heavy atom. The van der Waals surface area contributed by atoms with Gasteiger partial charge in [0.2, 0.25) is 11.8 Å². The molecule has 2 fully saturated rings. The van der Waals surface area contributed by atoms with Crippen molar-refractivity contribution in [1.29, 1.82) is 0 Å². The Labute approximate surface area is 212 Å². The molecular weight excluding hydrogens is 456 g/mol. The number of carbonyl (C=O) groups excluding carboxylic acids is 3. The highest BCUT2D eigenvalue weighted by Crippen LogP contribution is 2.31. The molecule has 2 aromatic carbocycles.